The fourth-order valence-corrected chi connectivity index (χ4v) is 3.89. The minimum Gasteiger partial charge on any atom is -0.497 e. The van der Waals surface area contributed by atoms with Crippen LogP contribution in [0.3, 0.4) is 0 Å². The van der Waals surface area contributed by atoms with Gasteiger partial charge in [-0.3, -0.25) is 4.57 Å². The van der Waals surface area contributed by atoms with Gasteiger partial charge in [-0.25, -0.2) is 4.39 Å². The minimum atomic E-state index is -0.385. The summed E-state index contributed by atoms with van der Waals surface area (Å²) < 4.78 is 32.7. The van der Waals surface area contributed by atoms with E-state index in [9.17, 15) is 4.39 Å². The zero-order valence-electron chi connectivity index (χ0n) is 18.4. The molecule has 0 aliphatic heterocycles. The van der Waals surface area contributed by atoms with Gasteiger partial charge in [0.2, 0.25) is 5.89 Å². The van der Waals surface area contributed by atoms with Gasteiger partial charge in [0.15, 0.2) is 16.8 Å². The van der Waals surface area contributed by atoms with Crippen molar-refractivity contribution in [2.45, 2.75) is 43.7 Å². The monoisotopic (exact) mass is 469 g/mol. The molecule has 0 bridgehead atoms. The van der Waals surface area contributed by atoms with Gasteiger partial charge in [-0.1, -0.05) is 42.4 Å². The highest BCUT2D eigenvalue weighted by molar-refractivity contribution is 7.98. The summed E-state index contributed by atoms with van der Waals surface area (Å²) in [7, 11) is 1.60. The quantitative estimate of drug-likeness (QED) is 0.283. The zero-order chi connectivity index (χ0) is 23.0. The number of para-hydroxylation sites is 1. The van der Waals surface area contributed by atoms with Gasteiger partial charge >= 0.3 is 0 Å². The maximum atomic E-state index is 14.7. The smallest absolute Gasteiger partial charge is 0.237 e. The lowest BCUT2D eigenvalue weighted by Crippen LogP contribution is -2.08. The lowest BCUT2D eigenvalue weighted by Gasteiger charge is -2.12. The average Bonchev–Trinajstić information content (AvgIpc) is 3.47. The number of methoxy groups -OCH3 is 1. The van der Waals surface area contributed by atoms with Crippen LogP contribution in [0.25, 0.3) is 5.69 Å². The van der Waals surface area contributed by atoms with Crippen molar-refractivity contribution in [2.75, 3.05) is 7.11 Å². The van der Waals surface area contributed by atoms with E-state index in [2.05, 4.69) is 27.3 Å². The van der Waals surface area contributed by atoms with Crippen molar-refractivity contribution >= 4 is 11.8 Å². The number of nitrogens with zero attached hydrogens (tertiary/aromatic N) is 5. The molecule has 2 aromatic heterocycles. The highest BCUT2D eigenvalue weighted by Gasteiger charge is 2.19. The Hall–Kier alpha value is -3.40. The third-order valence-electron chi connectivity index (χ3n) is 4.81. The van der Waals surface area contributed by atoms with Crippen LogP contribution < -0.4 is 9.47 Å². The van der Waals surface area contributed by atoms with Gasteiger partial charge in [-0.05, 0) is 42.8 Å². The topological polar surface area (TPSA) is 88.1 Å². The molecule has 33 heavy (non-hydrogen) atoms. The highest BCUT2D eigenvalue weighted by Crippen LogP contribution is 2.27. The number of hydrogen-bond donors (Lipinski definition) is 0. The van der Waals surface area contributed by atoms with Crippen molar-refractivity contribution in [3.8, 4) is 17.2 Å². The molecule has 0 aliphatic rings. The Morgan fingerprint density at radius 2 is 1.85 bits per heavy atom. The van der Waals surface area contributed by atoms with Crippen LogP contribution in [0.5, 0.6) is 11.5 Å². The third kappa shape index (κ3) is 5.70. The molecule has 2 heterocycles. The Morgan fingerprint density at radius 3 is 2.61 bits per heavy atom. The standard InChI is InChI=1S/C23H24FN5O3S/c1-3-4-9-20-25-22(32-28-20)15-33-23-27-26-21(29(23)19-8-6-5-7-18(19)24)14-31-17-12-10-16(30-2)11-13-17/h5-8,10-13H,3-4,9,14-15H2,1-2H3. The number of thioether (sulfide) groups is 1. The van der Waals surface area contributed by atoms with Gasteiger partial charge in [0.1, 0.15) is 23.9 Å². The summed E-state index contributed by atoms with van der Waals surface area (Å²) in [5.41, 5.74) is 0.340. The number of aryl methyl sites for hydroxylation is 1. The zero-order valence-corrected chi connectivity index (χ0v) is 19.2. The van der Waals surface area contributed by atoms with Gasteiger partial charge in [-0.15, -0.1) is 10.2 Å². The molecule has 4 rings (SSSR count). The summed E-state index contributed by atoms with van der Waals surface area (Å²) in [5.74, 6) is 3.03. The Balaban J connectivity index is 1.53. The van der Waals surface area contributed by atoms with Crippen molar-refractivity contribution < 1.29 is 18.4 Å². The molecule has 0 fully saturated rings. The summed E-state index contributed by atoms with van der Waals surface area (Å²) in [5, 5.41) is 13.0. The van der Waals surface area contributed by atoms with Crippen molar-refractivity contribution in [3.05, 3.63) is 71.9 Å². The van der Waals surface area contributed by atoms with E-state index in [-0.39, 0.29) is 12.4 Å². The normalized spacial score (nSPS) is 11.0. The molecular formula is C23H24FN5O3S. The second kappa shape index (κ2) is 11.0. The van der Waals surface area contributed by atoms with E-state index in [1.165, 1.54) is 17.8 Å². The maximum Gasteiger partial charge on any atom is 0.237 e. The Labute approximate surface area is 195 Å². The fraction of sp³-hybridized carbons (Fsp3) is 0.304. The van der Waals surface area contributed by atoms with Crippen molar-refractivity contribution in [2.24, 2.45) is 0 Å². The maximum absolute atomic E-state index is 14.7. The molecule has 0 unspecified atom stereocenters. The van der Waals surface area contributed by atoms with E-state index in [1.54, 1.807) is 54.1 Å². The Morgan fingerprint density at radius 1 is 1.06 bits per heavy atom. The van der Waals surface area contributed by atoms with Crippen molar-refractivity contribution in [1.29, 1.82) is 0 Å². The van der Waals surface area contributed by atoms with Crippen LogP contribution in [0.1, 0.15) is 37.3 Å². The van der Waals surface area contributed by atoms with Gasteiger partial charge in [0, 0.05) is 6.42 Å². The van der Waals surface area contributed by atoms with E-state index in [0.717, 1.165) is 25.0 Å². The number of ether oxygens (including phenoxy) is 2. The molecule has 0 saturated heterocycles. The van der Waals surface area contributed by atoms with Crippen molar-refractivity contribution in [1.82, 2.24) is 24.9 Å². The second-order valence-corrected chi connectivity index (χ2v) is 8.09. The SMILES string of the molecule is CCCCc1noc(CSc2nnc(COc3ccc(OC)cc3)n2-c2ccccc2F)n1. The van der Waals surface area contributed by atoms with Crippen molar-refractivity contribution in [3.63, 3.8) is 0 Å². The van der Waals surface area contributed by atoms with Crippen LogP contribution >= 0.6 is 11.8 Å². The van der Waals surface area contributed by atoms with E-state index < -0.39 is 0 Å². The summed E-state index contributed by atoms with van der Waals surface area (Å²) in [6.45, 7) is 2.22. The molecule has 4 aromatic rings. The Kier molecular flexibility index (Phi) is 7.56. The summed E-state index contributed by atoms with van der Waals surface area (Å²) >= 11 is 1.34. The first-order chi connectivity index (χ1) is 16.2. The largest absolute Gasteiger partial charge is 0.497 e. The van der Waals surface area contributed by atoms with E-state index in [1.807, 2.05) is 0 Å². The van der Waals surface area contributed by atoms with Crippen LogP contribution in [0.2, 0.25) is 0 Å². The molecule has 0 amide bonds. The van der Waals surface area contributed by atoms with Crippen LogP contribution in [0.15, 0.2) is 58.2 Å². The minimum absolute atomic E-state index is 0.107. The van der Waals surface area contributed by atoms with E-state index in [0.29, 0.717) is 39.9 Å². The highest BCUT2D eigenvalue weighted by atomic mass is 32.2. The summed E-state index contributed by atoms with van der Waals surface area (Å²) in [6.07, 6.45) is 2.85. The molecule has 0 saturated carbocycles. The van der Waals surface area contributed by atoms with Gasteiger partial charge < -0.3 is 14.0 Å². The lowest BCUT2D eigenvalue weighted by atomic mass is 10.2. The van der Waals surface area contributed by atoms with E-state index >= 15 is 0 Å². The predicted molar refractivity (Wildman–Crippen MR) is 121 cm³/mol. The fourth-order valence-electron chi connectivity index (χ4n) is 3.09. The number of unbranched alkanes of at least 4 members (excludes halogenated alkanes) is 1. The number of aromatic nitrogens is 5. The average molecular weight is 470 g/mol. The summed E-state index contributed by atoms with van der Waals surface area (Å²) in [4.78, 5) is 4.41. The van der Waals surface area contributed by atoms with E-state index in [4.69, 9.17) is 14.0 Å². The Bertz CT molecular complexity index is 1180. The first-order valence-corrected chi connectivity index (χ1v) is 11.6. The second-order valence-electron chi connectivity index (χ2n) is 7.15. The first-order valence-electron chi connectivity index (χ1n) is 10.6. The number of benzene rings is 2. The number of rotatable bonds is 11. The molecule has 0 atom stereocenters. The molecule has 0 aliphatic carbocycles. The summed E-state index contributed by atoms with van der Waals surface area (Å²) in [6, 6.07) is 13.7. The molecular weight excluding hydrogens is 445 g/mol. The molecule has 10 heteroatoms. The first kappa shape index (κ1) is 22.8. The van der Waals surface area contributed by atoms with Gasteiger partial charge in [-0.2, -0.15) is 4.98 Å². The molecule has 172 valence electrons. The molecule has 0 N–H and O–H groups in total. The van der Waals surface area contributed by atoms with Crippen LogP contribution in [-0.4, -0.2) is 32.0 Å². The number of hydrogen-bond acceptors (Lipinski definition) is 8. The molecule has 2 aromatic carbocycles. The van der Waals surface area contributed by atoms with Crippen LogP contribution in [-0.2, 0) is 18.8 Å². The molecule has 0 spiro atoms. The number of halogens is 1. The molecule has 8 nitrogen and oxygen atoms in total. The van der Waals surface area contributed by atoms with Gasteiger partial charge in [0.05, 0.1) is 18.6 Å². The predicted octanol–water partition coefficient (Wildman–Crippen LogP) is 5.01. The lowest BCUT2D eigenvalue weighted by molar-refractivity contribution is 0.292. The molecule has 0 radical (unpaired) electrons. The van der Waals surface area contributed by atoms with Crippen LogP contribution in [0, 0.1) is 5.82 Å². The van der Waals surface area contributed by atoms with Crippen LogP contribution in [0.4, 0.5) is 4.39 Å². The van der Waals surface area contributed by atoms with Gasteiger partial charge in [0.25, 0.3) is 0 Å². The third-order valence-corrected chi connectivity index (χ3v) is 5.72.